The molecule has 1 heterocycles. The summed E-state index contributed by atoms with van der Waals surface area (Å²) in [5.74, 6) is -0.397. The number of nitrogen functional groups attached to an aromatic ring is 1. The second-order valence-electron chi connectivity index (χ2n) is 3.14. The maximum Gasteiger partial charge on any atom is 0.278 e. The smallest absolute Gasteiger partial charge is 0.278 e. The Morgan fingerprint density at radius 3 is 3.06 bits per heavy atom. The van der Waals surface area contributed by atoms with Gasteiger partial charge < -0.3 is 11.1 Å². The molecule has 1 aromatic heterocycles. The molecule has 0 atom stereocenters. The van der Waals surface area contributed by atoms with Crippen LogP contribution in [0.5, 0.6) is 0 Å². The van der Waals surface area contributed by atoms with Crippen LogP contribution in [-0.2, 0) is 11.3 Å². The molecule has 0 bridgehead atoms. The molecule has 8 heteroatoms. The van der Waals surface area contributed by atoms with E-state index in [0.717, 1.165) is 10.9 Å². The highest BCUT2D eigenvalue weighted by Crippen LogP contribution is 2.07. The number of aromatic nitrogens is 2. The fourth-order valence-electron chi connectivity index (χ4n) is 1.07. The minimum Gasteiger partial charge on any atom is -0.392 e. The van der Waals surface area contributed by atoms with Gasteiger partial charge in [-0.15, -0.1) is 0 Å². The van der Waals surface area contributed by atoms with Crippen molar-refractivity contribution < 1.29 is 4.79 Å². The Kier molecular flexibility index (Phi) is 4.48. The highest BCUT2D eigenvalue weighted by molar-refractivity contribution is 6.31. The van der Waals surface area contributed by atoms with E-state index in [1.54, 1.807) is 0 Å². The zero-order valence-electron chi connectivity index (χ0n) is 8.81. The van der Waals surface area contributed by atoms with Crippen LogP contribution in [-0.4, -0.2) is 22.0 Å². The summed E-state index contributed by atoms with van der Waals surface area (Å²) in [6.07, 6.45) is 1.35. The summed E-state index contributed by atoms with van der Waals surface area (Å²) in [6.45, 7) is 0.0270. The fraction of sp³-hybridized carbons (Fsp3) is 0.333. The average molecular weight is 256 g/mol. The predicted molar refractivity (Wildman–Crippen MR) is 61.2 cm³/mol. The van der Waals surface area contributed by atoms with Crippen LogP contribution in [0.1, 0.15) is 6.42 Å². The van der Waals surface area contributed by atoms with Crippen LogP contribution < -0.4 is 16.6 Å². The van der Waals surface area contributed by atoms with Crippen LogP contribution in [0.3, 0.4) is 0 Å². The number of rotatable bonds is 4. The highest BCUT2D eigenvalue weighted by atomic mass is 35.5. The minimum absolute atomic E-state index is 0.0869. The van der Waals surface area contributed by atoms with Crippen molar-refractivity contribution in [1.82, 2.24) is 14.9 Å². The van der Waals surface area contributed by atoms with E-state index in [9.17, 15) is 9.59 Å². The van der Waals surface area contributed by atoms with Crippen LogP contribution in [0.25, 0.3) is 0 Å². The number of halogens is 1. The number of carbonyl (C=O) groups is 1. The molecular formula is C9H10ClN5O2. The first-order valence-corrected chi connectivity index (χ1v) is 5.08. The maximum atomic E-state index is 11.5. The Labute approximate surface area is 102 Å². The summed E-state index contributed by atoms with van der Waals surface area (Å²) in [6, 6.07) is 1.88. The maximum absolute atomic E-state index is 11.5. The van der Waals surface area contributed by atoms with Gasteiger partial charge >= 0.3 is 0 Å². The molecule has 17 heavy (non-hydrogen) atoms. The second kappa shape index (κ2) is 5.86. The molecule has 0 fully saturated rings. The Morgan fingerprint density at radius 1 is 1.71 bits per heavy atom. The van der Waals surface area contributed by atoms with Crippen LogP contribution in [0.2, 0.25) is 5.15 Å². The number of nitrogens with zero attached hydrogens (tertiary/aromatic N) is 3. The van der Waals surface area contributed by atoms with Gasteiger partial charge in [-0.3, -0.25) is 14.2 Å². The molecule has 1 aromatic rings. The quantitative estimate of drug-likeness (QED) is 0.557. The highest BCUT2D eigenvalue weighted by Gasteiger charge is 2.09. The largest absolute Gasteiger partial charge is 0.392 e. The summed E-state index contributed by atoms with van der Waals surface area (Å²) in [7, 11) is 0. The second-order valence-corrected chi connectivity index (χ2v) is 3.50. The number of hydrogen-bond donors (Lipinski definition) is 2. The Hall–Kier alpha value is -2.07. The van der Waals surface area contributed by atoms with Gasteiger partial charge in [-0.05, 0) is 0 Å². The third-order valence-corrected chi connectivity index (χ3v) is 2.20. The van der Waals surface area contributed by atoms with E-state index in [1.165, 1.54) is 0 Å². The fourth-order valence-corrected chi connectivity index (χ4v) is 1.19. The van der Waals surface area contributed by atoms with Crippen molar-refractivity contribution in [3.05, 3.63) is 21.8 Å². The summed E-state index contributed by atoms with van der Waals surface area (Å²) in [5.41, 5.74) is 4.61. The molecule has 0 aromatic carbocycles. The number of nitrogens with one attached hydrogen (secondary N) is 1. The molecule has 1 amide bonds. The van der Waals surface area contributed by atoms with E-state index < -0.39 is 11.5 Å². The van der Waals surface area contributed by atoms with Crippen molar-refractivity contribution in [3.8, 4) is 6.07 Å². The van der Waals surface area contributed by atoms with Crippen LogP contribution >= 0.6 is 11.6 Å². The lowest BCUT2D eigenvalue weighted by atomic mass is 10.4. The van der Waals surface area contributed by atoms with E-state index >= 15 is 0 Å². The molecule has 0 aliphatic carbocycles. The number of anilines is 1. The van der Waals surface area contributed by atoms with Gasteiger partial charge in [-0.2, -0.15) is 5.26 Å². The average Bonchev–Trinajstić information content (AvgIpc) is 2.30. The number of amides is 1. The van der Waals surface area contributed by atoms with Crippen molar-refractivity contribution in [3.63, 3.8) is 0 Å². The van der Waals surface area contributed by atoms with Gasteiger partial charge in [0.25, 0.3) is 5.56 Å². The SMILES string of the molecule is N#CCCNC(=O)Cn1cnc(Cl)c(N)c1=O. The minimum atomic E-state index is -0.569. The van der Waals surface area contributed by atoms with Crippen molar-refractivity contribution in [2.45, 2.75) is 13.0 Å². The molecule has 0 saturated heterocycles. The molecule has 7 nitrogen and oxygen atoms in total. The molecule has 1 rings (SSSR count). The molecule has 90 valence electrons. The number of carbonyl (C=O) groups excluding carboxylic acids is 1. The number of hydrogen-bond acceptors (Lipinski definition) is 5. The number of nitriles is 1. The van der Waals surface area contributed by atoms with Crippen LogP contribution in [0.15, 0.2) is 11.1 Å². The van der Waals surface area contributed by atoms with Crippen LogP contribution in [0, 0.1) is 11.3 Å². The number of nitrogens with two attached hydrogens (primary N) is 1. The predicted octanol–water partition coefficient (Wildman–Crippen LogP) is -0.491. The first-order chi connectivity index (χ1) is 8.06. The first-order valence-electron chi connectivity index (χ1n) is 4.70. The summed E-state index contributed by atoms with van der Waals surface area (Å²) < 4.78 is 1.04. The monoisotopic (exact) mass is 255 g/mol. The van der Waals surface area contributed by atoms with E-state index in [4.69, 9.17) is 22.6 Å². The van der Waals surface area contributed by atoms with E-state index in [0.29, 0.717) is 0 Å². The van der Waals surface area contributed by atoms with E-state index in [1.807, 2.05) is 6.07 Å². The summed E-state index contributed by atoms with van der Waals surface area (Å²) >= 11 is 5.54. The van der Waals surface area contributed by atoms with Gasteiger partial charge in [0.05, 0.1) is 18.8 Å². The van der Waals surface area contributed by atoms with Gasteiger partial charge in [0, 0.05) is 6.54 Å². The van der Waals surface area contributed by atoms with Crippen LogP contribution in [0.4, 0.5) is 5.69 Å². The van der Waals surface area contributed by atoms with Crippen molar-refractivity contribution in [2.24, 2.45) is 0 Å². The molecule has 0 aliphatic heterocycles. The molecule has 0 aliphatic rings. The molecule has 0 spiro atoms. The van der Waals surface area contributed by atoms with Gasteiger partial charge in [-0.1, -0.05) is 11.6 Å². The Bertz CT molecular complexity index is 519. The summed E-state index contributed by atoms with van der Waals surface area (Å²) in [5, 5.41) is 10.7. The van der Waals surface area contributed by atoms with Gasteiger partial charge in [-0.25, -0.2) is 4.98 Å². The van der Waals surface area contributed by atoms with Crippen molar-refractivity contribution in [1.29, 1.82) is 5.26 Å². The third kappa shape index (κ3) is 3.46. The Balaban J connectivity index is 2.70. The molecule has 0 saturated carbocycles. The van der Waals surface area contributed by atoms with Gasteiger partial charge in [0.2, 0.25) is 5.91 Å². The topological polar surface area (TPSA) is 114 Å². The molecule has 3 N–H and O–H groups in total. The van der Waals surface area contributed by atoms with Gasteiger partial charge in [0.15, 0.2) is 5.15 Å². The third-order valence-electron chi connectivity index (χ3n) is 1.90. The zero-order chi connectivity index (χ0) is 12.8. The molecule has 0 radical (unpaired) electrons. The molecular weight excluding hydrogens is 246 g/mol. The molecule has 0 unspecified atom stereocenters. The lowest BCUT2D eigenvalue weighted by Gasteiger charge is -2.06. The van der Waals surface area contributed by atoms with Crippen molar-refractivity contribution in [2.75, 3.05) is 12.3 Å². The zero-order valence-corrected chi connectivity index (χ0v) is 9.57. The first kappa shape index (κ1) is 13.0. The van der Waals surface area contributed by atoms with Crippen molar-refractivity contribution >= 4 is 23.2 Å². The lowest BCUT2D eigenvalue weighted by Crippen LogP contribution is -2.33. The van der Waals surface area contributed by atoms with E-state index in [-0.39, 0.29) is 30.4 Å². The summed E-state index contributed by atoms with van der Waals surface area (Å²) in [4.78, 5) is 26.6. The standard InChI is InChI=1S/C9H10ClN5O2/c10-8-7(12)9(17)15(5-14-8)4-6(16)13-3-1-2-11/h5H,1,3-4,12H2,(H,13,16). The van der Waals surface area contributed by atoms with Gasteiger partial charge in [0.1, 0.15) is 12.2 Å². The lowest BCUT2D eigenvalue weighted by molar-refractivity contribution is -0.121. The normalized spacial score (nSPS) is 9.65. The Morgan fingerprint density at radius 2 is 2.41 bits per heavy atom. The van der Waals surface area contributed by atoms with E-state index in [2.05, 4.69) is 10.3 Å².